The number of benzene rings is 2. The summed E-state index contributed by atoms with van der Waals surface area (Å²) in [4.78, 5) is 12.4. The van der Waals surface area contributed by atoms with E-state index < -0.39 is 10.0 Å². The number of aryl methyl sites for hydroxylation is 1. The molecule has 1 aromatic heterocycles. The van der Waals surface area contributed by atoms with Crippen LogP contribution >= 0.6 is 0 Å². The lowest BCUT2D eigenvalue weighted by Crippen LogP contribution is -2.12. The Kier molecular flexibility index (Phi) is 3.67. The van der Waals surface area contributed by atoms with Crippen LogP contribution in [0.4, 0.5) is 5.69 Å². The van der Waals surface area contributed by atoms with E-state index in [0.29, 0.717) is 29.1 Å². The van der Waals surface area contributed by atoms with Crippen molar-refractivity contribution in [1.29, 1.82) is 0 Å². The molecular formula is C18H16N4O3S. The SMILES string of the molecule is CCn1nc(/C=C2/C(=O)Nc3ccc(S(N)(=O)=O)cc32)c2ccccc21. The molecule has 0 bridgehead atoms. The maximum atomic E-state index is 12.4. The van der Waals surface area contributed by atoms with Crippen molar-refractivity contribution in [2.45, 2.75) is 18.4 Å². The average molecular weight is 368 g/mol. The van der Waals surface area contributed by atoms with Gasteiger partial charge in [-0.1, -0.05) is 18.2 Å². The van der Waals surface area contributed by atoms with Crippen LogP contribution in [0, 0.1) is 0 Å². The predicted molar refractivity (Wildman–Crippen MR) is 99.7 cm³/mol. The first-order valence-electron chi connectivity index (χ1n) is 8.04. The molecule has 1 aliphatic heterocycles. The summed E-state index contributed by atoms with van der Waals surface area (Å²) in [6.45, 7) is 2.69. The summed E-state index contributed by atoms with van der Waals surface area (Å²) in [6, 6.07) is 12.1. The molecule has 8 heteroatoms. The molecule has 2 aromatic carbocycles. The Balaban J connectivity index is 1.92. The maximum absolute atomic E-state index is 12.4. The molecule has 1 aliphatic rings. The van der Waals surface area contributed by atoms with Crippen molar-refractivity contribution in [2.75, 3.05) is 5.32 Å². The van der Waals surface area contributed by atoms with E-state index >= 15 is 0 Å². The lowest BCUT2D eigenvalue weighted by molar-refractivity contribution is -0.110. The highest BCUT2D eigenvalue weighted by atomic mass is 32.2. The van der Waals surface area contributed by atoms with E-state index in [2.05, 4.69) is 10.4 Å². The minimum absolute atomic E-state index is 0.0393. The standard InChI is InChI=1S/C18H16N4O3S/c1-2-22-17-6-4-3-5-12(17)16(21-22)10-14-13-9-11(26(19,24)25)7-8-15(13)20-18(14)23/h3-10H,2H2,1H3,(H,20,23)(H2,19,24,25)/b14-10+. The first kappa shape index (κ1) is 16.5. The van der Waals surface area contributed by atoms with Gasteiger partial charge in [-0.05, 0) is 37.3 Å². The van der Waals surface area contributed by atoms with Gasteiger partial charge in [-0.3, -0.25) is 9.48 Å². The van der Waals surface area contributed by atoms with E-state index in [1.165, 1.54) is 18.2 Å². The van der Waals surface area contributed by atoms with Crippen LogP contribution in [0.2, 0.25) is 0 Å². The van der Waals surface area contributed by atoms with Crippen LogP contribution in [-0.4, -0.2) is 24.1 Å². The quantitative estimate of drug-likeness (QED) is 0.691. The highest BCUT2D eigenvalue weighted by Gasteiger charge is 2.26. The largest absolute Gasteiger partial charge is 0.321 e. The van der Waals surface area contributed by atoms with Gasteiger partial charge in [0.05, 0.1) is 21.7 Å². The number of hydrogen-bond acceptors (Lipinski definition) is 4. The van der Waals surface area contributed by atoms with Gasteiger partial charge in [-0.25, -0.2) is 13.6 Å². The first-order valence-corrected chi connectivity index (χ1v) is 9.59. The molecule has 0 atom stereocenters. The number of carbonyl (C=O) groups excluding carboxylic acids is 1. The number of nitrogens with two attached hydrogens (primary N) is 1. The predicted octanol–water partition coefficient (Wildman–Crippen LogP) is 2.20. The number of nitrogens with one attached hydrogen (secondary N) is 1. The van der Waals surface area contributed by atoms with Crippen LogP contribution in [0.3, 0.4) is 0 Å². The van der Waals surface area contributed by atoms with Crippen LogP contribution in [0.5, 0.6) is 0 Å². The molecule has 3 N–H and O–H groups in total. The van der Waals surface area contributed by atoms with Crippen LogP contribution in [0.25, 0.3) is 22.6 Å². The highest BCUT2D eigenvalue weighted by molar-refractivity contribution is 7.89. The number of carbonyl (C=O) groups is 1. The number of aromatic nitrogens is 2. The van der Waals surface area contributed by atoms with E-state index in [1.54, 1.807) is 6.08 Å². The summed E-state index contributed by atoms with van der Waals surface area (Å²) in [5.74, 6) is -0.304. The zero-order chi connectivity index (χ0) is 18.5. The molecule has 2 heterocycles. The van der Waals surface area contributed by atoms with E-state index in [1.807, 2.05) is 35.9 Å². The van der Waals surface area contributed by atoms with Gasteiger partial charge in [-0.15, -0.1) is 0 Å². The number of primary sulfonamides is 1. The molecular weight excluding hydrogens is 352 g/mol. The normalized spacial score (nSPS) is 15.5. The number of nitrogens with zero attached hydrogens (tertiary/aromatic N) is 2. The topological polar surface area (TPSA) is 107 Å². The average Bonchev–Trinajstić information content (AvgIpc) is 3.12. The summed E-state index contributed by atoms with van der Waals surface area (Å²) < 4.78 is 25.1. The van der Waals surface area contributed by atoms with Crippen molar-refractivity contribution in [1.82, 2.24) is 9.78 Å². The number of anilines is 1. The van der Waals surface area contributed by atoms with Gasteiger partial charge in [0.15, 0.2) is 0 Å². The Hall–Kier alpha value is -2.97. The molecule has 4 rings (SSSR count). The van der Waals surface area contributed by atoms with Crippen LogP contribution in [0.1, 0.15) is 18.2 Å². The lowest BCUT2D eigenvalue weighted by atomic mass is 10.0. The third kappa shape index (κ3) is 2.59. The molecule has 0 saturated carbocycles. The number of rotatable bonds is 3. The Morgan fingerprint density at radius 3 is 2.73 bits per heavy atom. The monoisotopic (exact) mass is 368 g/mol. The maximum Gasteiger partial charge on any atom is 0.256 e. The van der Waals surface area contributed by atoms with Crippen molar-refractivity contribution in [3.05, 3.63) is 53.7 Å². The van der Waals surface area contributed by atoms with Crippen molar-refractivity contribution < 1.29 is 13.2 Å². The van der Waals surface area contributed by atoms with Gasteiger partial charge in [0.2, 0.25) is 10.0 Å². The highest BCUT2D eigenvalue weighted by Crippen LogP contribution is 2.35. The smallest absolute Gasteiger partial charge is 0.256 e. The van der Waals surface area contributed by atoms with Gasteiger partial charge in [-0.2, -0.15) is 5.10 Å². The van der Waals surface area contributed by atoms with Crippen molar-refractivity contribution in [3.63, 3.8) is 0 Å². The van der Waals surface area contributed by atoms with Crippen molar-refractivity contribution in [3.8, 4) is 0 Å². The Morgan fingerprint density at radius 1 is 1.23 bits per heavy atom. The molecule has 0 saturated heterocycles. The van der Waals surface area contributed by atoms with E-state index in [-0.39, 0.29) is 10.8 Å². The van der Waals surface area contributed by atoms with Crippen LogP contribution in [-0.2, 0) is 21.4 Å². The minimum atomic E-state index is -3.86. The minimum Gasteiger partial charge on any atom is -0.321 e. The molecule has 0 fully saturated rings. The third-order valence-corrected chi connectivity index (χ3v) is 5.28. The number of sulfonamides is 1. The zero-order valence-corrected chi connectivity index (χ0v) is 14.7. The fraction of sp³-hybridized carbons (Fsp3) is 0.111. The van der Waals surface area contributed by atoms with Crippen molar-refractivity contribution in [2.24, 2.45) is 5.14 Å². The van der Waals surface area contributed by atoms with E-state index in [9.17, 15) is 13.2 Å². The molecule has 132 valence electrons. The van der Waals surface area contributed by atoms with E-state index in [0.717, 1.165) is 10.9 Å². The van der Waals surface area contributed by atoms with Crippen molar-refractivity contribution >= 4 is 44.2 Å². The fourth-order valence-corrected chi connectivity index (χ4v) is 3.66. The van der Waals surface area contributed by atoms with Gasteiger partial charge in [0, 0.05) is 23.2 Å². The summed E-state index contributed by atoms with van der Waals surface area (Å²) in [5, 5.41) is 13.4. The molecule has 3 aromatic rings. The van der Waals surface area contributed by atoms with E-state index in [4.69, 9.17) is 5.14 Å². The fourth-order valence-electron chi connectivity index (χ4n) is 3.12. The second-order valence-corrected chi connectivity index (χ2v) is 7.54. The summed E-state index contributed by atoms with van der Waals surface area (Å²) in [7, 11) is -3.86. The second kappa shape index (κ2) is 5.79. The molecule has 7 nitrogen and oxygen atoms in total. The lowest BCUT2D eigenvalue weighted by Gasteiger charge is -2.02. The van der Waals surface area contributed by atoms with Gasteiger partial charge >= 0.3 is 0 Å². The number of hydrogen-bond donors (Lipinski definition) is 2. The van der Waals surface area contributed by atoms with Gasteiger partial charge in [0.25, 0.3) is 5.91 Å². The number of fused-ring (bicyclic) bond motifs is 2. The number of amides is 1. The van der Waals surface area contributed by atoms with Gasteiger partial charge in [0.1, 0.15) is 0 Å². The Labute approximate surface area is 150 Å². The molecule has 0 aliphatic carbocycles. The Morgan fingerprint density at radius 2 is 2.00 bits per heavy atom. The molecule has 1 amide bonds. The third-order valence-electron chi connectivity index (χ3n) is 4.37. The summed E-state index contributed by atoms with van der Waals surface area (Å²) in [6.07, 6.45) is 1.68. The number of para-hydroxylation sites is 1. The first-order chi connectivity index (χ1) is 12.4. The Bertz CT molecular complexity index is 1190. The zero-order valence-electron chi connectivity index (χ0n) is 13.9. The second-order valence-electron chi connectivity index (χ2n) is 5.98. The summed E-state index contributed by atoms with van der Waals surface area (Å²) in [5.41, 5.74) is 3.03. The summed E-state index contributed by atoms with van der Waals surface area (Å²) >= 11 is 0. The van der Waals surface area contributed by atoms with Crippen LogP contribution in [0.15, 0.2) is 47.4 Å². The van der Waals surface area contributed by atoms with Gasteiger partial charge < -0.3 is 5.32 Å². The molecule has 0 spiro atoms. The molecule has 0 unspecified atom stereocenters. The van der Waals surface area contributed by atoms with Crippen LogP contribution < -0.4 is 10.5 Å². The molecule has 26 heavy (non-hydrogen) atoms. The molecule has 0 radical (unpaired) electrons.